The van der Waals surface area contributed by atoms with Gasteiger partial charge in [-0.2, -0.15) is 0 Å². The number of piperazine rings is 1. The van der Waals surface area contributed by atoms with Gasteiger partial charge in [0.15, 0.2) is 15.8 Å². The van der Waals surface area contributed by atoms with Gasteiger partial charge in [0.2, 0.25) is 0 Å². The molecule has 4 rings (SSSR count). The van der Waals surface area contributed by atoms with Gasteiger partial charge in [-0.25, -0.2) is 8.42 Å². The maximum atomic E-state index is 12.6. The number of carbonyl (C=O) groups is 2. The van der Waals surface area contributed by atoms with E-state index < -0.39 is 33.6 Å². The van der Waals surface area contributed by atoms with Gasteiger partial charge in [-0.15, -0.1) is 0 Å². The molecule has 0 spiro atoms. The molecule has 1 fully saturated rings. The minimum atomic E-state index is -3.71. The van der Waals surface area contributed by atoms with Crippen molar-refractivity contribution in [3.63, 3.8) is 0 Å². The summed E-state index contributed by atoms with van der Waals surface area (Å²) in [6, 6.07) is 13.7. The maximum absolute atomic E-state index is 12.6. The van der Waals surface area contributed by atoms with Gasteiger partial charge in [0.05, 0.1) is 4.90 Å². The van der Waals surface area contributed by atoms with E-state index in [1.54, 1.807) is 30.3 Å². The Bertz CT molecular complexity index is 1210. The Morgan fingerprint density at radius 1 is 1.00 bits per heavy atom. The van der Waals surface area contributed by atoms with Crippen LogP contribution >= 0.6 is 0 Å². The molecule has 2 aromatic rings. The van der Waals surface area contributed by atoms with Crippen molar-refractivity contribution in [3.8, 4) is 0 Å². The lowest BCUT2D eigenvalue weighted by molar-refractivity contribution is -0.139. The quantitative estimate of drug-likeness (QED) is 0.363. The number of hydrogen-bond donors (Lipinski definition) is 4. The normalized spacial score (nSPS) is 16.9. The Morgan fingerprint density at radius 2 is 1.68 bits per heavy atom. The number of benzene rings is 2. The second kappa shape index (κ2) is 12.1. The van der Waals surface area contributed by atoms with E-state index in [4.69, 9.17) is 0 Å². The number of amides is 1. The lowest BCUT2D eigenvalue weighted by Crippen LogP contribution is -2.53. The minimum absolute atomic E-state index is 0.0941. The zero-order valence-electron chi connectivity index (χ0n) is 20.5. The third-order valence-corrected chi connectivity index (χ3v) is 7.88. The summed E-state index contributed by atoms with van der Waals surface area (Å²) in [5, 5.41) is 17.9. The fourth-order valence-corrected chi connectivity index (χ4v) is 5.36. The van der Waals surface area contributed by atoms with E-state index >= 15 is 0 Å². The van der Waals surface area contributed by atoms with Gasteiger partial charge in [-0.3, -0.25) is 19.9 Å². The second-order valence-electron chi connectivity index (χ2n) is 8.88. The van der Waals surface area contributed by atoms with Crippen molar-refractivity contribution < 1.29 is 23.1 Å². The summed E-state index contributed by atoms with van der Waals surface area (Å²) < 4.78 is 24.8. The highest BCUT2D eigenvalue weighted by atomic mass is 32.2. The minimum Gasteiger partial charge on any atom is -0.480 e. The standard InChI is InChI=1S/C25H32N6O5S/c32-23(28-17-22(24(33)34)29-18-37(35,36)21-5-2-1-3-6-21)19-7-9-20(10-8-19)30-13-15-31(16-14-30)25-26-11-4-12-27-25/h1-3,5-10,22,29H,4,11-18H2,(H,26,27)(H,28,32)(H,33,34). The molecule has 0 aromatic heterocycles. The highest BCUT2D eigenvalue weighted by Crippen LogP contribution is 2.18. The number of rotatable bonds is 9. The lowest BCUT2D eigenvalue weighted by atomic mass is 10.1. The highest BCUT2D eigenvalue weighted by Gasteiger charge is 2.23. The molecule has 11 nitrogen and oxygen atoms in total. The van der Waals surface area contributed by atoms with E-state index in [0.717, 1.165) is 57.3 Å². The van der Waals surface area contributed by atoms with Crippen LogP contribution in [0.5, 0.6) is 0 Å². The van der Waals surface area contributed by atoms with Crippen LogP contribution in [-0.4, -0.2) is 94.0 Å². The first-order valence-electron chi connectivity index (χ1n) is 12.2. The molecule has 0 bridgehead atoms. The monoisotopic (exact) mass is 528 g/mol. The Morgan fingerprint density at radius 3 is 2.30 bits per heavy atom. The number of carboxylic acids is 1. The third kappa shape index (κ3) is 6.98. The number of hydrogen-bond acceptors (Lipinski definition) is 9. The molecule has 12 heteroatoms. The van der Waals surface area contributed by atoms with E-state index in [2.05, 4.69) is 30.7 Å². The van der Waals surface area contributed by atoms with Crippen LogP contribution < -0.4 is 20.9 Å². The lowest BCUT2D eigenvalue weighted by Gasteiger charge is -2.38. The molecule has 0 aliphatic carbocycles. The van der Waals surface area contributed by atoms with Crippen molar-refractivity contribution in [2.75, 3.05) is 56.6 Å². The van der Waals surface area contributed by atoms with Crippen LogP contribution in [0.25, 0.3) is 0 Å². The van der Waals surface area contributed by atoms with Crippen LogP contribution in [0.2, 0.25) is 0 Å². The molecule has 2 heterocycles. The van der Waals surface area contributed by atoms with Crippen molar-refractivity contribution in [3.05, 3.63) is 60.2 Å². The number of carboxylic acid groups (broad SMARTS) is 1. The molecule has 198 valence electrons. The number of nitrogens with zero attached hydrogens (tertiary/aromatic N) is 3. The van der Waals surface area contributed by atoms with E-state index in [-0.39, 0.29) is 11.4 Å². The fourth-order valence-electron chi connectivity index (χ4n) is 4.20. The van der Waals surface area contributed by atoms with Gasteiger partial charge >= 0.3 is 5.97 Å². The van der Waals surface area contributed by atoms with Crippen molar-refractivity contribution in [1.29, 1.82) is 0 Å². The molecular formula is C25H32N6O5S. The highest BCUT2D eigenvalue weighted by molar-refractivity contribution is 7.91. The number of aliphatic carboxylic acids is 1. The van der Waals surface area contributed by atoms with E-state index in [9.17, 15) is 23.1 Å². The van der Waals surface area contributed by atoms with Gasteiger partial charge in [-0.1, -0.05) is 18.2 Å². The average Bonchev–Trinajstić information content (AvgIpc) is 2.94. The van der Waals surface area contributed by atoms with Crippen molar-refractivity contribution >= 4 is 33.4 Å². The first kappa shape index (κ1) is 26.4. The van der Waals surface area contributed by atoms with Crippen LogP contribution in [0.15, 0.2) is 64.5 Å². The Labute approximate surface area is 216 Å². The molecule has 2 aromatic carbocycles. The van der Waals surface area contributed by atoms with Gasteiger partial charge in [0.25, 0.3) is 5.91 Å². The van der Waals surface area contributed by atoms with Gasteiger partial charge in [-0.05, 0) is 42.8 Å². The van der Waals surface area contributed by atoms with Crippen LogP contribution in [0.3, 0.4) is 0 Å². The van der Waals surface area contributed by atoms with Crippen LogP contribution in [0, 0.1) is 0 Å². The van der Waals surface area contributed by atoms with E-state index in [1.165, 1.54) is 12.1 Å². The van der Waals surface area contributed by atoms with Gasteiger partial charge in [0.1, 0.15) is 11.9 Å². The first-order chi connectivity index (χ1) is 17.8. The summed E-state index contributed by atoms with van der Waals surface area (Å²) in [5.41, 5.74) is 1.40. The predicted octanol–water partition coefficient (Wildman–Crippen LogP) is 0.362. The summed E-state index contributed by atoms with van der Waals surface area (Å²) in [7, 11) is -3.71. The Kier molecular flexibility index (Phi) is 8.62. The molecule has 1 amide bonds. The number of nitrogens with one attached hydrogen (secondary N) is 3. The largest absolute Gasteiger partial charge is 0.480 e. The Hall–Kier alpha value is -3.64. The molecule has 0 saturated carbocycles. The number of sulfone groups is 1. The molecule has 37 heavy (non-hydrogen) atoms. The third-order valence-electron chi connectivity index (χ3n) is 6.34. The second-order valence-corrected chi connectivity index (χ2v) is 10.9. The van der Waals surface area contributed by atoms with Crippen LogP contribution in [0.1, 0.15) is 16.8 Å². The van der Waals surface area contributed by atoms with Crippen LogP contribution in [0.4, 0.5) is 5.69 Å². The summed E-state index contributed by atoms with van der Waals surface area (Å²) in [6.07, 6.45) is 1.06. The van der Waals surface area contributed by atoms with Gasteiger partial charge < -0.3 is 25.5 Å². The summed E-state index contributed by atoms with van der Waals surface area (Å²) in [4.78, 5) is 33.4. The number of carbonyl (C=O) groups excluding carboxylic acids is 1. The molecular weight excluding hydrogens is 496 g/mol. The van der Waals surface area contributed by atoms with Gasteiger partial charge in [0, 0.05) is 57.1 Å². The smallest absolute Gasteiger partial charge is 0.322 e. The molecule has 2 aliphatic heterocycles. The zero-order chi connectivity index (χ0) is 26.3. The number of anilines is 1. The van der Waals surface area contributed by atoms with E-state index in [1.807, 2.05) is 12.1 Å². The zero-order valence-corrected chi connectivity index (χ0v) is 21.3. The summed E-state index contributed by atoms with van der Waals surface area (Å²) in [6.45, 7) is 4.95. The molecule has 1 saturated heterocycles. The molecule has 1 unspecified atom stereocenters. The van der Waals surface area contributed by atoms with E-state index in [0.29, 0.717) is 5.56 Å². The number of aliphatic imine (C=N–C) groups is 1. The molecule has 2 aliphatic rings. The summed E-state index contributed by atoms with van der Waals surface area (Å²) in [5.74, 6) is -1.27. The Balaban J connectivity index is 1.27. The van der Waals surface area contributed by atoms with Crippen molar-refractivity contribution in [2.24, 2.45) is 4.99 Å². The fraction of sp³-hybridized carbons (Fsp3) is 0.400. The maximum Gasteiger partial charge on any atom is 0.322 e. The SMILES string of the molecule is O=C(NCC(NCS(=O)(=O)c1ccccc1)C(=O)O)c1ccc(N2CCN(C3=NCCCN3)CC2)cc1. The molecule has 0 radical (unpaired) electrons. The first-order valence-corrected chi connectivity index (χ1v) is 13.9. The average molecular weight is 529 g/mol. The number of guanidine groups is 1. The topological polar surface area (TPSA) is 143 Å². The van der Waals surface area contributed by atoms with Crippen molar-refractivity contribution in [1.82, 2.24) is 20.9 Å². The predicted molar refractivity (Wildman–Crippen MR) is 141 cm³/mol. The molecule has 4 N–H and O–H groups in total. The molecule has 1 atom stereocenters. The van der Waals surface area contributed by atoms with Crippen LogP contribution in [-0.2, 0) is 14.6 Å². The summed E-state index contributed by atoms with van der Waals surface area (Å²) >= 11 is 0. The van der Waals surface area contributed by atoms with Crippen molar-refractivity contribution in [2.45, 2.75) is 17.4 Å².